The van der Waals surface area contributed by atoms with Crippen LogP contribution >= 0.6 is 0 Å². The number of aromatic nitrogens is 2. The molecule has 0 aliphatic carbocycles. The van der Waals surface area contributed by atoms with Crippen LogP contribution in [0.4, 0.5) is 5.82 Å². The molecule has 0 aliphatic rings. The average Bonchev–Trinajstić information content (AvgIpc) is 3.06. The fourth-order valence-electron chi connectivity index (χ4n) is 4.70. The molecule has 2 aromatic carbocycles. The maximum Gasteiger partial charge on any atom is 0.225 e. The number of nitrogens with zero attached hydrogens (tertiary/aromatic N) is 3. The van der Waals surface area contributed by atoms with Gasteiger partial charge >= 0.3 is 0 Å². The third-order valence-electron chi connectivity index (χ3n) is 7.39. The highest BCUT2D eigenvalue weighted by atomic mass is 16.6. The Morgan fingerprint density at radius 3 is 2.12 bits per heavy atom. The number of carbonyl (C=O) groups excluding carboxylic acids is 1. The number of hydroxylamine groups is 1. The number of amides is 1. The van der Waals surface area contributed by atoms with Crippen LogP contribution in [0.2, 0.25) is 0 Å². The molecule has 0 saturated heterocycles. The Labute approximate surface area is 313 Å². The van der Waals surface area contributed by atoms with Crippen LogP contribution in [0.3, 0.4) is 0 Å². The van der Waals surface area contributed by atoms with Gasteiger partial charge in [-0.25, -0.2) is 9.97 Å². The lowest BCUT2D eigenvalue weighted by molar-refractivity contribution is -0.116. The summed E-state index contributed by atoms with van der Waals surface area (Å²) in [6, 6.07) is 11.8. The Balaban J connectivity index is 0. The van der Waals surface area contributed by atoms with Crippen LogP contribution < -0.4 is 15.6 Å². The number of anilines is 1. The maximum atomic E-state index is 11.8. The largest absolute Gasteiger partial charge is 0.508 e. The molecule has 1 amide bonds. The lowest BCUT2D eigenvalue weighted by Gasteiger charge is -2.21. The SMILES string of the molecule is CC.CCC.CCC(C)CC(C)(C)C.CCCC(=O)Nc1nc(C)ncc1CNOc1cccc(O)c1C.CCc1ccc(C)c(CN(C)C)c1. The molecule has 0 fully saturated rings. The van der Waals surface area contributed by atoms with Crippen molar-refractivity contribution >= 4 is 11.7 Å². The molecule has 3 aromatic rings. The van der Waals surface area contributed by atoms with Crippen LogP contribution in [-0.4, -0.2) is 40.0 Å². The quantitative estimate of drug-likeness (QED) is 0.161. The van der Waals surface area contributed by atoms with Gasteiger partial charge in [-0.05, 0) is 94.3 Å². The number of hydrogen-bond acceptors (Lipinski definition) is 7. The van der Waals surface area contributed by atoms with Crippen molar-refractivity contribution in [2.75, 3.05) is 19.4 Å². The maximum absolute atomic E-state index is 11.8. The van der Waals surface area contributed by atoms with Crippen molar-refractivity contribution < 1.29 is 14.7 Å². The van der Waals surface area contributed by atoms with Crippen molar-refractivity contribution in [1.82, 2.24) is 20.3 Å². The monoisotopic (exact) mass is 710 g/mol. The highest BCUT2D eigenvalue weighted by Crippen LogP contribution is 2.26. The number of phenolic OH excluding ortho intramolecular Hbond substituents is 1. The van der Waals surface area contributed by atoms with Gasteiger partial charge in [-0.1, -0.05) is 113 Å². The summed E-state index contributed by atoms with van der Waals surface area (Å²) in [7, 11) is 4.22. The minimum absolute atomic E-state index is 0.0819. The first-order valence-electron chi connectivity index (χ1n) is 19.0. The van der Waals surface area contributed by atoms with Crippen LogP contribution in [0.5, 0.6) is 11.5 Å². The number of aromatic hydroxyl groups is 1. The van der Waals surface area contributed by atoms with Gasteiger partial charge in [0.1, 0.15) is 17.4 Å². The topological polar surface area (TPSA) is 99.6 Å². The summed E-state index contributed by atoms with van der Waals surface area (Å²) in [5.74, 6) is 2.56. The van der Waals surface area contributed by atoms with Gasteiger partial charge in [0.2, 0.25) is 5.91 Å². The molecule has 1 unspecified atom stereocenters. The van der Waals surface area contributed by atoms with Gasteiger partial charge in [0.15, 0.2) is 5.75 Å². The van der Waals surface area contributed by atoms with E-state index in [1.165, 1.54) is 36.0 Å². The van der Waals surface area contributed by atoms with Crippen molar-refractivity contribution in [3.8, 4) is 11.5 Å². The number of aryl methyl sites for hydroxylation is 3. The Morgan fingerprint density at radius 1 is 0.980 bits per heavy atom. The van der Waals surface area contributed by atoms with Crippen LogP contribution in [0.25, 0.3) is 0 Å². The molecule has 3 rings (SSSR count). The zero-order chi connectivity index (χ0) is 39.6. The number of benzene rings is 2. The second-order valence-electron chi connectivity index (χ2n) is 14.3. The first-order chi connectivity index (χ1) is 24.0. The number of hydrogen-bond donors (Lipinski definition) is 3. The van der Waals surface area contributed by atoms with Gasteiger partial charge in [-0.3, -0.25) is 4.79 Å². The standard InChI is InChI=1S/C17H22N4O3.C12H19N.C9H20.C3H8.C2H6/c1-4-6-16(23)21-17-13(9-18-12(3)20-17)10-19-24-15-8-5-7-14(22)11(15)2;1-5-11-7-6-10(2)12(8-11)9-13(3)4;1-6-8(2)7-9(3,4)5;1-3-2;1-2/h5,7-9,19,22H,4,6,10H2,1-3H3,(H,18,20,21,23);6-8H,5,9H2,1-4H3;8H,6-7H2,1-5H3;3H2,1-2H3;1-2H3. The van der Waals surface area contributed by atoms with Crippen LogP contribution in [0, 0.1) is 32.1 Å². The zero-order valence-electron chi connectivity index (χ0n) is 35.4. The minimum atomic E-state index is -0.0819. The molecule has 0 bridgehead atoms. The molecular weight excluding hydrogens is 635 g/mol. The zero-order valence-corrected chi connectivity index (χ0v) is 35.4. The van der Waals surface area contributed by atoms with E-state index >= 15 is 0 Å². The number of nitrogens with one attached hydrogen (secondary N) is 2. The van der Waals surface area contributed by atoms with E-state index in [0.717, 1.165) is 25.3 Å². The predicted octanol–water partition coefficient (Wildman–Crippen LogP) is 11.2. The summed E-state index contributed by atoms with van der Waals surface area (Å²) in [5, 5.41) is 12.5. The molecule has 0 radical (unpaired) electrons. The average molecular weight is 710 g/mol. The smallest absolute Gasteiger partial charge is 0.225 e. The molecule has 3 N–H and O–H groups in total. The molecule has 1 heterocycles. The summed E-state index contributed by atoms with van der Waals surface area (Å²) in [5.41, 5.74) is 8.96. The number of rotatable bonds is 12. The van der Waals surface area contributed by atoms with Gasteiger partial charge in [-0.15, -0.1) is 0 Å². The van der Waals surface area contributed by atoms with Gasteiger partial charge in [-0.2, -0.15) is 5.48 Å². The molecule has 0 aliphatic heterocycles. The summed E-state index contributed by atoms with van der Waals surface area (Å²) >= 11 is 0. The van der Waals surface area contributed by atoms with Crippen LogP contribution in [0.15, 0.2) is 42.6 Å². The molecule has 8 nitrogen and oxygen atoms in total. The highest BCUT2D eigenvalue weighted by molar-refractivity contribution is 5.90. The minimum Gasteiger partial charge on any atom is -0.508 e. The second-order valence-corrected chi connectivity index (χ2v) is 14.3. The van der Waals surface area contributed by atoms with Crippen LogP contribution in [0.1, 0.15) is 142 Å². The van der Waals surface area contributed by atoms with E-state index in [2.05, 4.69) is 120 Å². The van der Waals surface area contributed by atoms with Gasteiger partial charge in [0, 0.05) is 30.3 Å². The summed E-state index contributed by atoms with van der Waals surface area (Å²) in [6.45, 7) is 30.9. The lowest BCUT2D eigenvalue weighted by atomic mass is 9.84. The van der Waals surface area contributed by atoms with Crippen molar-refractivity contribution in [3.63, 3.8) is 0 Å². The Kier molecular flexibility index (Phi) is 27.4. The van der Waals surface area contributed by atoms with Gasteiger partial charge in [0.25, 0.3) is 0 Å². The molecule has 1 atom stereocenters. The fourth-order valence-corrected chi connectivity index (χ4v) is 4.70. The van der Waals surface area contributed by atoms with Crippen molar-refractivity contribution in [1.29, 1.82) is 0 Å². The normalized spacial score (nSPS) is 10.9. The summed E-state index contributed by atoms with van der Waals surface area (Å²) in [4.78, 5) is 27.9. The van der Waals surface area contributed by atoms with E-state index in [-0.39, 0.29) is 11.7 Å². The lowest BCUT2D eigenvalue weighted by Crippen LogP contribution is -2.21. The molecular formula is C43H75N5O3. The van der Waals surface area contributed by atoms with E-state index in [9.17, 15) is 9.90 Å². The molecule has 290 valence electrons. The molecule has 1 aromatic heterocycles. The van der Waals surface area contributed by atoms with Crippen molar-refractivity contribution in [3.05, 3.63) is 76.2 Å². The van der Waals surface area contributed by atoms with E-state index in [1.54, 1.807) is 38.2 Å². The first-order valence-corrected chi connectivity index (χ1v) is 19.0. The van der Waals surface area contributed by atoms with Crippen molar-refractivity contribution in [2.24, 2.45) is 11.3 Å². The third-order valence-corrected chi connectivity index (χ3v) is 7.39. The van der Waals surface area contributed by atoms with Crippen LogP contribution in [-0.2, 0) is 24.3 Å². The van der Waals surface area contributed by atoms with E-state index < -0.39 is 0 Å². The van der Waals surface area contributed by atoms with E-state index in [0.29, 0.717) is 46.9 Å². The number of carbonyl (C=O) groups is 1. The first kappa shape index (κ1) is 49.6. The molecule has 51 heavy (non-hydrogen) atoms. The molecule has 0 spiro atoms. The Bertz CT molecular complexity index is 1350. The summed E-state index contributed by atoms with van der Waals surface area (Å²) < 4.78 is 0. The Hall–Kier alpha value is -3.49. The predicted molar refractivity (Wildman–Crippen MR) is 219 cm³/mol. The fraction of sp³-hybridized carbons (Fsp3) is 0.605. The van der Waals surface area contributed by atoms with E-state index in [4.69, 9.17) is 4.84 Å². The van der Waals surface area contributed by atoms with Crippen molar-refractivity contribution in [2.45, 2.75) is 149 Å². The summed E-state index contributed by atoms with van der Waals surface area (Å²) in [6.07, 6.45) is 7.90. The highest BCUT2D eigenvalue weighted by Gasteiger charge is 2.13. The second kappa shape index (κ2) is 28.1. The molecule has 0 saturated carbocycles. The third kappa shape index (κ3) is 23.6. The molecule has 8 heteroatoms. The van der Waals surface area contributed by atoms with Gasteiger partial charge < -0.3 is 20.2 Å². The Morgan fingerprint density at radius 2 is 1.61 bits per heavy atom. The number of phenols is 1. The van der Waals surface area contributed by atoms with E-state index in [1.807, 2.05) is 20.8 Å². The van der Waals surface area contributed by atoms with Gasteiger partial charge in [0.05, 0.1) is 6.54 Å².